The van der Waals surface area contributed by atoms with Gasteiger partial charge in [0.05, 0.1) is 16.9 Å². The smallest absolute Gasteiger partial charge is 0.167 e. The van der Waals surface area contributed by atoms with Crippen LogP contribution in [0.15, 0.2) is 48.7 Å². The number of nitrogens with zero attached hydrogens (tertiary/aromatic N) is 1. The van der Waals surface area contributed by atoms with E-state index in [0.29, 0.717) is 6.42 Å². The highest BCUT2D eigenvalue weighted by atomic mass is 16.1. The lowest BCUT2D eigenvalue weighted by Gasteiger charge is -2.28. The van der Waals surface area contributed by atoms with Gasteiger partial charge in [0.25, 0.3) is 0 Å². The lowest BCUT2D eigenvalue weighted by molar-refractivity contribution is 0.0912. The standard InChI is InChI=1S/C22H24N4O/c1-22(2)12-16-19(17(27)13-22)21(25-15-7-5-4-6-8-15)20(26-16)14-9-10-24-18(11-14)23-3/h4-11,25-26H,12-13H2,1-3H3,(H,23,24). The second-order valence-electron chi connectivity index (χ2n) is 7.84. The number of carbonyl (C=O) groups excluding carboxylic acids is 1. The first-order valence-corrected chi connectivity index (χ1v) is 9.21. The Morgan fingerprint density at radius 1 is 1.11 bits per heavy atom. The number of nitrogens with one attached hydrogen (secondary N) is 3. The molecule has 0 saturated carbocycles. The van der Waals surface area contributed by atoms with E-state index in [1.807, 2.05) is 49.5 Å². The zero-order valence-corrected chi connectivity index (χ0v) is 15.9. The third kappa shape index (κ3) is 3.33. The number of ketones is 1. The Morgan fingerprint density at radius 2 is 1.89 bits per heavy atom. The Labute approximate surface area is 159 Å². The van der Waals surface area contributed by atoms with Crippen LogP contribution >= 0.6 is 0 Å². The summed E-state index contributed by atoms with van der Waals surface area (Å²) in [6, 6.07) is 13.9. The van der Waals surface area contributed by atoms with E-state index in [9.17, 15) is 4.79 Å². The number of aromatic amines is 1. The molecule has 3 N–H and O–H groups in total. The molecule has 5 heteroatoms. The largest absolute Gasteiger partial charge is 0.373 e. The molecule has 0 bridgehead atoms. The van der Waals surface area contributed by atoms with E-state index in [1.165, 1.54) is 0 Å². The van der Waals surface area contributed by atoms with Gasteiger partial charge in [0.15, 0.2) is 5.78 Å². The van der Waals surface area contributed by atoms with E-state index in [4.69, 9.17) is 0 Å². The van der Waals surface area contributed by atoms with E-state index in [-0.39, 0.29) is 11.2 Å². The van der Waals surface area contributed by atoms with Gasteiger partial charge in [-0.25, -0.2) is 4.98 Å². The number of H-pyrrole nitrogens is 1. The summed E-state index contributed by atoms with van der Waals surface area (Å²) >= 11 is 0. The molecule has 0 unspecified atom stereocenters. The van der Waals surface area contributed by atoms with Crippen molar-refractivity contribution in [1.29, 1.82) is 0 Å². The monoisotopic (exact) mass is 360 g/mol. The summed E-state index contributed by atoms with van der Waals surface area (Å²) in [5.41, 5.74) is 5.49. The Balaban J connectivity index is 1.88. The molecule has 1 aliphatic carbocycles. The highest BCUT2D eigenvalue weighted by molar-refractivity contribution is 6.07. The SMILES string of the molecule is CNc1cc(-c2[nH]c3c(c2Nc2ccccc2)C(=O)CC(C)(C)C3)ccn1. The van der Waals surface area contributed by atoms with Gasteiger partial charge in [-0.15, -0.1) is 0 Å². The number of anilines is 3. The molecule has 1 aliphatic rings. The summed E-state index contributed by atoms with van der Waals surface area (Å²) in [4.78, 5) is 20.8. The van der Waals surface area contributed by atoms with Crippen molar-refractivity contribution in [1.82, 2.24) is 9.97 Å². The predicted molar refractivity (Wildman–Crippen MR) is 110 cm³/mol. The van der Waals surface area contributed by atoms with Crippen LogP contribution in [0.25, 0.3) is 11.3 Å². The molecule has 0 spiro atoms. The second-order valence-corrected chi connectivity index (χ2v) is 7.84. The van der Waals surface area contributed by atoms with Gasteiger partial charge in [-0.3, -0.25) is 4.79 Å². The number of hydrogen-bond donors (Lipinski definition) is 3. The zero-order chi connectivity index (χ0) is 19.0. The van der Waals surface area contributed by atoms with Crippen LogP contribution in [0.2, 0.25) is 0 Å². The van der Waals surface area contributed by atoms with Crippen molar-refractivity contribution in [2.24, 2.45) is 5.41 Å². The quantitative estimate of drug-likeness (QED) is 0.611. The Hall–Kier alpha value is -3.08. The number of para-hydroxylation sites is 1. The minimum absolute atomic E-state index is 0.0371. The minimum Gasteiger partial charge on any atom is -0.373 e. The maximum absolute atomic E-state index is 13.0. The van der Waals surface area contributed by atoms with Gasteiger partial charge < -0.3 is 15.6 Å². The fourth-order valence-electron chi connectivity index (χ4n) is 3.79. The molecule has 0 saturated heterocycles. The summed E-state index contributed by atoms with van der Waals surface area (Å²) in [5.74, 6) is 0.975. The molecule has 1 aromatic carbocycles. The van der Waals surface area contributed by atoms with E-state index in [0.717, 1.165) is 46.1 Å². The number of carbonyl (C=O) groups is 1. The topological polar surface area (TPSA) is 69.8 Å². The molecular weight excluding hydrogens is 336 g/mol. The maximum Gasteiger partial charge on any atom is 0.167 e. The van der Waals surface area contributed by atoms with Gasteiger partial charge in [0, 0.05) is 36.6 Å². The molecule has 5 nitrogen and oxygen atoms in total. The first-order valence-electron chi connectivity index (χ1n) is 9.21. The van der Waals surface area contributed by atoms with Crippen LogP contribution in [0.4, 0.5) is 17.2 Å². The van der Waals surface area contributed by atoms with Gasteiger partial charge in [-0.2, -0.15) is 0 Å². The third-order valence-corrected chi connectivity index (χ3v) is 5.00. The molecule has 27 heavy (non-hydrogen) atoms. The van der Waals surface area contributed by atoms with Crippen LogP contribution < -0.4 is 10.6 Å². The highest BCUT2D eigenvalue weighted by Gasteiger charge is 2.35. The maximum atomic E-state index is 13.0. The predicted octanol–water partition coefficient (Wildman–Crippen LogP) is 5.02. The molecule has 138 valence electrons. The normalized spacial score (nSPS) is 15.3. The van der Waals surface area contributed by atoms with E-state index in [2.05, 4.69) is 34.4 Å². The van der Waals surface area contributed by atoms with Gasteiger partial charge in [-0.05, 0) is 36.1 Å². The molecule has 0 amide bonds. The summed E-state index contributed by atoms with van der Waals surface area (Å²) < 4.78 is 0. The Morgan fingerprint density at radius 3 is 2.63 bits per heavy atom. The van der Waals surface area contributed by atoms with Crippen molar-refractivity contribution in [3.8, 4) is 11.3 Å². The van der Waals surface area contributed by atoms with Crippen molar-refractivity contribution in [3.63, 3.8) is 0 Å². The third-order valence-electron chi connectivity index (χ3n) is 5.00. The number of benzene rings is 1. The second kappa shape index (κ2) is 6.58. The van der Waals surface area contributed by atoms with Crippen LogP contribution in [-0.2, 0) is 6.42 Å². The molecule has 4 rings (SSSR count). The van der Waals surface area contributed by atoms with Gasteiger partial charge in [0.1, 0.15) is 5.82 Å². The molecule has 2 heterocycles. The zero-order valence-electron chi connectivity index (χ0n) is 15.9. The van der Waals surface area contributed by atoms with Gasteiger partial charge >= 0.3 is 0 Å². The van der Waals surface area contributed by atoms with Crippen molar-refractivity contribution < 1.29 is 4.79 Å². The van der Waals surface area contributed by atoms with E-state index >= 15 is 0 Å². The number of fused-ring (bicyclic) bond motifs is 1. The van der Waals surface area contributed by atoms with Crippen LogP contribution in [0, 0.1) is 5.41 Å². The number of rotatable bonds is 4. The Kier molecular flexibility index (Phi) is 4.22. The molecule has 3 aromatic rings. The van der Waals surface area contributed by atoms with Crippen LogP contribution in [-0.4, -0.2) is 22.8 Å². The van der Waals surface area contributed by atoms with Gasteiger partial charge in [-0.1, -0.05) is 32.0 Å². The van der Waals surface area contributed by atoms with Crippen molar-refractivity contribution >= 4 is 23.0 Å². The summed E-state index contributed by atoms with van der Waals surface area (Å²) in [6.07, 6.45) is 3.18. The van der Waals surface area contributed by atoms with Crippen molar-refractivity contribution in [2.75, 3.05) is 17.7 Å². The summed E-state index contributed by atoms with van der Waals surface area (Å²) in [6.45, 7) is 4.29. The van der Waals surface area contributed by atoms with Crippen LogP contribution in [0.1, 0.15) is 36.3 Å². The average Bonchev–Trinajstić information content (AvgIpc) is 2.99. The Bertz CT molecular complexity index is 989. The van der Waals surface area contributed by atoms with E-state index < -0.39 is 0 Å². The first kappa shape index (κ1) is 17.3. The molecule has 2 aromatic heterocycles. The molecule has 0 fully saturated rings. The lowest BCUT2D eigenvalue weighted by Crippen LogP contribution is -2.26. The fraction of sp³-hybridized carbons (Fsp3) is 0.273. The first-order chi connectivity index (χ1) is 13.0. The number of aromatic nitrogens is 2. The number of hydrogen-bond acceptors (Lipinski definition) is 4. The molecule has 0 aliphatic heterocycles. The van der Waals surface area contributed by atoms with Crippen LogP contribution in [0.5, 0.6) is 0 Å². The summed E-state index contributed by atoms with van der Waals surface area (Å²) in [5, 5.41) is 6.56. The fourth-order valence-corrected chi connectivity index (χ4v) is 3.79. The minimum atomic E-state index is -0.0371. The number of pyridine rings is 1. The van der Waals surface area contributed by atoms with Crippen molar-refractivity contribution in [2.45, 2.75) is 26.7 Å². The molecule has 0 radical (unpaired) electrons. The molecular formula is C22H24N4O. The number of Topliss-reactive ketones (excluding diaryl/α,β-unsaturated/α-hetero) is 1. The molecule has 0 atom stereocenters. The van der Waals surface area contributed by atoms with E-state index in [1.54, 1.807) is 6.20 Å². The van der Waals surface area contributed by atoms with Gasteiger partial charge in [0.2, 0.25) is 0 Å². The van der Waals surface area contributed by atoms with Crippen molar-refractivity contribution in [3.05, 3.63) is 59.9 Å². The highest BCUT2D eigenvalue weighted by Crippen LogP contribution is 2.43. The average molecular weight is 360 g/mol. The lowest BCUT2D eigenvalue weighted by atomic mass is 9.76. The summed E-state index contributed by atoms with van der Waals surface area (Å²) in [7, 11) is 1.85. The van der Waals surface area contributed by atoms with Crippen LogP contribution in [0.3, 0.4) is 0 Å².